The summed E-state index contributed by atoms with van der Waals surface area (Å²) in [6.45, 7) is 0. The number of anilines is 2. The molecule has 1 aromatic heterocycles. The van der Waals surface area contributed by atoms with Crippen molar-refractivity contribution in [3.8, 4) is 0 Å². The van der Waals surface area contributed by atoms with Crippen LogP contribution < -0.4 is 21.8 Å². The average Bonchev–Trinajstić information content (AvgIpc) is 2.53. The van der Waals surface area contributed by atoms with E-state index in [0.717, 1.165) is 5.69 Å². The summed E-state index contributed by atoms with van der Waals surface area (Å²) in [5.74, 6) is 0. The highest BCUT2D eigenvalue weighted by Gasteiger charge is 2.09. The molecule has 0 saturated carbocycles. The Bertz CT molecular complexity index is 995. The molecule has 0 aliphatic rings. The number of hydrogen-bond donors (Lipinski definition) is 4. The fourth-order valence-corrected chi connectivity index (χ4v) is 2.51. The summed E-state index contributed by atoms with van der Waals surface area (Å²) >= 11 is 11.1. The number of benzene rings is 2. The molecule has 23 heavy (non-hydrogen) atoms. The Morgan fingerprint density at radius 3 is 2.39 bits per heavy atom. The number of rotatable bonds is 2. The highest BCUT2D eigenvalue weighted by Crippen LogP contribution is 2.18. The van der Waals surface area contributed by atoms with Crippen LogP contribution in [0.15, 0.2) is 52.1 Å². The van der Waals surface area contributed by atoms with Gasteiger partial charge >= 0.3 is 0 Å². The minimum Gasteiger partial charge on any atom is -0.332 e. The molecule has 8 heteroatoms. The fourth-order valence-electron chi connectivity index (χ4n) is 2.15. The lowest BCUT2D eigenvalue weighted by atomic mass is 10.1. The molecule has 0 aliphatic carbocycles. The van der Waals surface area contributed by atoms with Gasteiger partial charge in [0.05, 0.1) is 16.5 Å². The summed E-state index contributed by atoms with van der Waals surface area (Å²) in [6.07, 6.45) is 0. The first-order valence-corrected chi connectivity index (χ1v) is 7.40. The minimum absolute atomic E-state index is 0.247. The van der Waals surface area contributed by atoms with Crippen LogP contribution in [0.4, 0.5) is 11.4 Å². The first kappa shape index (κ1) is 15.3. The Morgan fingerprint density at radius 2 is 1.65 bits per heavy atom. The third-order valence-corrected chi connectivity index (χ3v) is 3.63. The van der Waals surface area contributed by atoms with Crippen LogP contribution in [0, 0.1) is 0 Å². The predicted molar refractivity (Wildman–Crippen MR) is 96.5 cm³/mol. The van der Waals surface area contributed by atoms with Crippen LogP contribution in [0.5, 0.6) is 0 Å². The summed E-state index contributed by atoms with van der Waals surface area (Å²) in [7, 11) is 0. The third kappa shape index (κ3) is 3.25. The van der Waals surface area contributed by atoms with E-state index >= 15 is 0 Å². The summed E-state index contributed by atoms with van der Waals surface area (Å²) in [5.41, 5.74) is 0.414. The monoisotopic (exact) mass is 346 g/mol. The summed E-state index contributed by atoms with van der Waals surface area (Å²) in [5, 5.41) is 11.9. The first-order chi connectivity index (χ1) is 11.0. The van der Waals surface area contributed by atoms with Gasteiger partial charge in [0.1, 0.15) is 0 Å². The Balaban J connectivity index is 1.91. The molecule has 0 fully saturated rings. The number of hydrogen-bond acceptors (Lipinski definition) is 3. The maximum atomic E-state index is 12.0. The maximum absolute atomic E-state index is 12.0. The van der Waals surface area contributed by atoms with Crippen molar-refractivity contribution in [2.45, 2.75) is 0 Å². The van der Waals surface area contributed by atoms with E-state index in [2.05, 4.69) is 20.8 Å². The molecule has 0 bridgehead atoms. The topological polar surface area (TPSA) is 89.8 Å². The molecule has 0 radical (unpaired) electrons. The van der Waals surface area contributed by atoms with Crippen LogP contribution in [-0.4, -0.2) is 15.3 Å². The van der Waals surface area contributed by atoms with Gasteiger partial charge in [0.25, 0.3) is 11.1 Å². The lowest BCUT2D eigenvalue weighted by Crippen LogP contribution is -2.23. The zero-order valence-electron chi connectivity index (χ0n) is 11.6. The minimum atomic E-state index is -0.406. The van der Waals surface area contributed by atoms with Gasteiger partial charge in [0.2, 0.25) is 0 Å². The molecule has 0 spiro atoms. The van der Waals surface area contributed by atoms with Gasteiger partial charge in [-0.1, -0.05) is 17.7 Å². The second-order valence-electron chi connectivity index (χ2n) is 4.72. The van der Waals surface area contributed by atoms with E-state index < -0.39 is 5.56 Å². The Hall–Kier alpha value is -2.64. The van der Waals surface area contributed by atoms with Gasteiger partial charge in [0, 0.05) is 10.7 Å². The van der Waals surface area contributed by atoms with Crippen molar-refractivity contribution in [2.24, 2.45) is 0 Å². The number of halogens is 1. The largest absolute Gasteiger partial charge is 0.332 e. The summed E-state index contributed by atoms with van der Waals surface area (Å²) in [4.78, 5) is 23.8. The molecule has 1 heterocycles. The van der Waals surface area contributed by atoms with Crippen molar-refractivity contribution in [3.63, 3.8) is 0 Å². The van der Waals surface area contributed by atoms with Crippen LogP contribution in [0.25, 0.3) is 10.8 Å². The van der Waals surface area contributed by atoms with Crippen molar-refractivity contribution in [1.82, 2.24) is 10.2 Å². The van der Waals surface area contributed by atoms with Gasteiger partial charge in [-0.3, -0.25) is 19.8 Å². The number of aromatic amines is 2. The molecule has 0 amide bonds. The Labute approximate surface area is 140 Å². The van der Waals surface area contributed by atoms with Crippen LogP contribution in [-0.2, 0) is 0 Å². The van der Waals surface area contributed by atoms with E-state index in [-0.39, 0.29) is 16.3 Å². The maximum Gasteiger partial charge on any atom is 0.272 e. The molecule has 2 aromatic carbocycles. The lowest BCUT2D eigenvalue weighted by molar-refractivity contribution is 0.977. The second-order valence-corrected chi connectivity index (χ2v) is 5.57. The lowest BCUT2D eigenvalue weighted by Gasteiger charge is -2.12. The first-order valence-electron chi connectivity index (χ1n) is 6.62. The molecule has 0 aliphatic heterocycles. The predicted octanol–water partition coefficient (Wildman–Crippen LogP) is 2.68. The molecule has 0 unspecified atom stereocenters. The molecule has 6 nitrogen and oxygen atoms in total. The fraction of sp³-hybridized carbons (Fsp3) is 0. The normalized spacial score (nSPS) is 10.5. The summed E-state index contributed by atoms with van der Waals surface area (Å²) in [6, 6.07) is 11.9. The molecule has 4 N–H and O–H groups in total. The highest BCUT2D eigenvalue weighted by atomic mass is 35.5. The van der Waals surface area contributed by atoms with Gasteiger partial charge < -0.3 is 10.6 Å². The van der Waals surface area contributed by atoms with Gasteiger partial charge in [-0.2, -0.15) is 0 Å². The van der Waals surface area contributed by atoms with Crippen molar-refractivity contribution >= 4 is 51.1 Å². The van der Waals surface area contributed by atoms with E-state index in [1.807, 2.05) is 0 Å². The number of aromatic nitrogens is 2. The van der Waals surface area contributed by atoms with E-state index in [1.165, 1.54) is 0 Å². The van der Waals surface area contributed by atoms with Gasteiger partial charge in [0.15, 0.2) is 5.11 Å². The molecular formula is C15H11ClN4O2S. The molecule has 0 atom stereocenters. The number of thiocarbonyl (C=S) groups is 1. The van der Waals surface area contributed by atoms with Crippen molar-refractivity contribution < 1.29 is 0 Å². The van der Waals surface area contributed by atoms with Crippen LogP contribution in [0.3, 0.4) is 0 Å². The van der Waals surface area contributed by atoms with Crippen LogP contribution in [0.1, 0.15) is 0 Å². The zero-order chi connectivity index (χ0) is 16.4. The van der Waals surface area contributed by atoms with Gasteiger partial charge in [-0.05, 0) is 48.6 Å². The molecular weight excluding hydrogens is 336 g/mol. The van der Waals surface area contributed by atoms with E-state index in [9.17, 15) is 9.59 Å². The molecule has 3 rings (SSSR count). The molecule has 116 valence electrons. The quantitative estimate of drug-likeness (QED) is 0.536. The molecule has 0 saturated heterocycles. The van der Waals surface area contributed by atoms with Crippen molar-refractivity contribution in [3.05, 3.63) is 68.2 Å². The highest BCUT2D eigenvalue weighted by molar-refractivity contribution is 7.80. The van der Waals surface area contributed by atoms with E-state index in [4.69, 9.17) is 23.8 Å². The smallest absolute Gasteiger partial charge is 0.272 e. The van der Waals surface area contributed by atoms with Crippen LogP contribution in [0.2, 0.25) is 5.02 Å². The Morgan fingerprint density at radius 1 is 0.957 bits per heavy atom. The number of fused-ring (bicyclic) bond motifs is 1. The van der Waals surface area contributed by atoms with Crippen LogP contribution >= 0.6 is 23.8 Å². The average molecular weight is 347 g/mol. The van der Waals surface area contributed by atoms with Crippen molar-refractivity contribution in [2.75, 3.05) is 10.6 Å². The second kappa shape index (κ2) is 6.23. The molecule has 3 aromatic rings. The van der Waals surface area contributed by atoms with Gasteiger partial charge in [-0.25, -0.2) is 0 Å². The zero-order valence-corrected chi connectivity index (χ0v) is 13.2. The van der Waals surface area contributed by atoms with E-state index in [1.54, 1.807) is 42.5 Å². The number of nitrogens with one attached hydrogen (secondary N) is 4. The third-order valence-electron chi connectivity index (χ3n) is 3.18. The Kier molecular flexibility index (Phi) is 4.14. The SMILES string of the molecule is O=c1[nH][nH]c(=O)c2c(NC(=S)Nc3ccc(Cl)cc3)cccc12. The van der Waals surface area contributed by atoms with E-state index in [0.29, 0.717) is 15.8 Å². The number of H-pyrrole nitrogens is 2. The van der Waals surface area contributed by atoms with Gasteiger partial charge in [-0.15, -0.1) is 0 Å². The standard InChI is InChI=1S/C15H11ClN4O2S/c16-8-4-6-9(7-5-8)17-15(23)18-11-3-1-2-10-12(11)14(22)20-19-13(10)21/h1-7H,(H,19,21)(H,20,22)(H2,17,18,23). The summed E-state index contributed by atoms with van der Waals surface area (Å²) < 4.78 is 0. The van der Waals surface area contributed by atoms with Crippen molar-refractivity contribution in [1.29, 1.82) is 0 Å².